The van der Waals surface area contributed by atoms with Crippen molar-refractivity contribution in [3.8, 4) is 0 Å². The van der Waals surface area contributed by atoms with Crippen molar-refractivity contribution in [2.45, 2.75) is 135 Å². The van der Waals surface area contributed by atoms with E-state index in [1.54, 1.807) is 13.1 Å². The molecular weight excluding hydrogens is 412 g/mol. The summed E-state index contributed by atoms with van der Waals surface area (Å²) in [6.07, 6.45) is 16.9. The lowest BCUT2D eigenvalue weighted by molar-refractivity contribution is -0.152. The van der Waals surface area contributed by atoms with Gasteiger partial charge >= 0.3 is 20.9 Å². The highest BCUT2D eigenvalue weighted by Crippen LogP contribution is 2.25. The molecule has 0 saturated heterocycles. The number of rotatable bonds is 22. The molecule has 0 spiro atoms. The molecule has 0 aliphatic heterocycles. The SMILES string of the molecule is CCCCCCCCCCCCCCCCCCO[Si](C)(C)OCC(F)(F)C(F)F. The summed E-state index contributed by atoms with van der Waals surface area (Å²) in [5.74, 6) is -4.11. The number of halogens is 4. The fraction of sp³-hybridized carbons (Fsp3) is 1.00. The Labute approximate surface area is 183 Å². The van der Waals surface area contributed by atoms with Gasteiger partial charge in [0.15, 0.2) is 0 Å². The third-order valence-electron chi connectivity index (χ3n) is 5.38. The molecular formula is C23H46F4O2Si. The Morgan fingerprint density at radius 1 is 0.633 bits per heavy atom. The van der Waals surface area contributed by atoms with Gasteiger partial charge in [-0.15, -0.1) is 0 Å². The topological polar surface area (TPSA) is 18.5 Å². The van der Waals surface area contributed by atoms with Crippen LogP contribution in [0.25, 0.3) is 0 Å². The van der Waals surface area contributed by atoms with Gasteiger partial charge in [-0.3, -0.25) is 0 Å². The minimum atomic E-state index is -4.11. The van der Waals surface area contributed by atoms with Crippen LogP contribution < -0.4 is 0 Å². The molecule has 0 aromatic carbocycles. The Morgan fingerprint density at radius 3 is 1.37 bits per heavy atom. The maximum Gasteiger partial charge on any atom is 0.331 e. The van der Waals surface area contributed by atoms with E-state index in [2.05, 4.69) is 6.92 Å². The first-order valence-electron chi connectivity index (χ1n) is 12.1. The van der Waals surface area contributed by atoms with Crippen LogP contribution in [0.15, 0.2) is 0 Å². The van der Waals surface area contributed by atoms with Crippen molar-refractivity contribution >= 4 is 8.56 Å². The fourth-order valence-electron chi connectivity index (χ4n) is 3.34. The monoisotopic (exact) mass is 458 g/mol. The van der Waals surface area contributed by atoms with Crippen LogP contribution in [-0.2, 0) is 8.85 Å². The molecule has 0 radical (unpaired) electrons. The molecule has 7 heteroatoms. The van der Waals surface area contributed by atoms with Gasteiger partial charge < -0.3 is 8.85 Å². The second-order valence-corrected chi connectivity index (χ2v) is 12.3. The van der Waals surface area contributed by atoms with Crippen LogP contribution in [0.5, 0.6) is 0 Å². The van der Waals surface area contributed by atoms with Crippen LogP contribution in [-0.4, -0.2) is 34.1 Å². The minimum absolute atomic E-state index is 0.442. The van der Waals surface area contributed by atoms with E-state index in [-0.39, 0.29) is 0 Å². The Hall–Kier alpha value is -0.143. The van der Waals surface area contributed by atoms with E-state index in [9.17, 15) is 17.6 Å². The third kappa shape index (κ3) is 18.6. The molecule has 30 heavy (non-hydrogen) atoms. The van der Waals surface area contributed by atoms with Crippen molar-refractivity contribution < 1.29 is 26.4 Å². The molecule has 0 fully saturated rings. The summed E-state index contributed by atoms with van der Waals surface area (Å²) in [5.41, 5.74) is 0. The van der Waals surface area contributed by atoms with Crippen molar-refractivity contribution in [1.29, 1.82) is 0 Å². The fourth-order valence-corrected chi connectivity index (χ4v) is 4.60. The van der Waals surface area contributed by atoms with Crippen LogP contribution in [0.1, 0.15) is 110 Å². The van der Waals surface area contributed by atoms with Crippen molar-refractivity contribution in [1.82, 2.24) is 0 Å². The number of hydrogen-bond donors (Lipinski definition) is 0. The molecule has 0 N–H and O–H groups in total. The van der Waals surface area contributed by atoms with E-state index in [1.165, 1.54) is 83.5 Å². The van der Waals surface area contributed by atoms with Gasteiger partial charge in [0, 0.05) is 6.61 Å². The predicted octanol–water partition coefficient (Wildman–Crippen LogP) is 8.88. The second-order valence-electron chi connectivity index (χ2n) is 8.90. The van der Waals surface area contributed by atoms with Gasteiger partial charge in [0.2, 0.25) is 0 Å². The average molecular weight is 459 g/mol. The summed E-state index contributed by atoms with van der Waals surface area (Å²) < 4.78 is 60.7. The highest BCUT2D eigenvalue weighted by molar-refractivity contribution is 6.64. The van der Waals surface area contributed by atoms with Gasteiger partial charge in [-0.1, -0.05) is 103 Å². The zero-order valence-electron chi connectivity index (χ0n) is 19.6. The van der Waals surface area contributed by atoms with Gasteiger partial charge in [-0.05, 0) is 19.5 Å². The first-order valence-corrected chi connectivity index (χ1v) is 15.0. The molecule has 0 atom stereocenters. The highest BCUT2D eigenvalue weighted by Gasteiger charge is 2.43. The molecule has 2 nitrogen and oxygen atoms in total. The van der Waals surface area contributed by atoms with Crippen LogP contribution in [0.2, 0.25) is 13.1 Å². The highest BCUT2D eigenvalue weighted by atomic mass is 28.4. The summed E-state index contributed by atoms with van der Waals surface area (Å²) in [6, 6.07) is 0. The number of unbranched alkanes of at least 4 members (excludes halogenated alkanes) is 15. The summed E-state index contributed by atoms with van der Waals surface area (Å²) in [4.78, 5) is 0. The zero-order chi connectivity index (χ0) is 22.7. The molecule has 0 heterocycles. The molecule has 0 aliphatic rings. The lowest BCUT2D eigenvalue weighted by Crippen LogP contribution is -2.42. The third-order valence-corrected chi connectivity index (χ3v) is 7.12. The summed E-state index contributed by atoms with van der Waals surface area (Å²) in [7, 11) is -2.78. The quantitative estimate of drug-likeness (QED) is 0.0916. The van der Waals surface area contributed by atoms with Crippen molar-refractivity contribution in [2.75, 3.05) is 13.2 Å². The molecule has 0 saturated carbocycles. The largest absolute Gasteiger partial charge is 0.395 e. The number of hydrogen-bond acceptors (Lipinski definition) is 2. The second kappa shape index (κ2) is 18.4. The lowest BCUT2D eigenvalue weighted by Gasteiger charge is -2.25. The zero-order valence-corrected chi connectivity index (χ0v) is 20.6. The molecule has 0 unspecified atom stereocenters. The average Bonchev–Trinajstić information content (AvgIpc) is 2.69. The molecule has 0 amide bonds. The van der Waals surface area contributed by atoms with Gasteiger partial charge in [-0.2, -0.15) is 8.78 Å². The lowest BCUT2D eigenvalue weighted by atomic mass is 10.0. The first-order chi connectivity index (χ1) is 14.2. The molecule has 0 aliphatic carbocycles. The van der Waals surface area contributed by atoms with Gasteiger partial charge in [0.1, 0.15) is 6.61 Å². The number of alkyl halides is 4. The maximum absolute atomic E-state index is 12.9. The van der Waals surface area contributed by atoms with Crippen LogP contribution >= 0.6 is 0 Å². The van der Waals surface area contributed by atoms with Crippen molar-refractivity contribution in [2.24, 2.45) is 0 Å². The van der Waals surface area contributed by atoms with E-state index in [4.69, 9.17) is 8.85 Å². The van der Waals surface area contributed by atoms with Gasteiger partial charge in [0.05, 0.1) is 0 Å². The van der Waals surface area contributed by atoms with Crippen LogP contribution in [0.3, 0.4) is 0 Å². The molecule has 0 aromatic rings. The van der Waals surface area contributed by atoms with E-state index in [0.29, 0.717) is 6.61 Å². The molecule has 0 bridgehead atoms. The van der Waals surface area contributed by atoms with E-state index < -0.39 is 27.5 Å². The van der Waals surface area contributed by atoms with Crippen molar-refractivity contribution in [3.05, 3.63) is 0 Å². The van der Waals surface area contributed by atoms with E-state index >= 15 is 0 Å². The van der Waals surface area contributed by atoms with Crippen molar-refractivity contribution in [3.63, 3.8) is 0 Å². The summed E-state index contributed by atoms with van der Waals surface area (Å²) >= 11 is 0. The van der Waals surface area contributed by atoms with Crippen LogP contribution in [0, 0.1) is 0 Å². The van der Waals surface area contributed by atoms with E-state index in [0.717, 1.165) is 19.3 Å². The Kier molecular flexibility index (Phi) is 18.3. The van der Waals surface area contributed by atoms with E-state index in [1.807, 2.05) is 0 Å². The maximum atomic E-state index is 12.9. The Bertz CT molecular complexity index is 382. The van der Waals surface area contributed by atoms with Crippen LogP contribution in [0.4, 0.5) is 17.6 Å². The predicted molar refractivity (Wildman–Crippen MR) is 120 cm³/mol. The smallest absolute Gasteiger partial charge is 0.331 e. The standard InChI is InChI=1S/C23H46F4O2Si/c1-4-5-6-7-8-9-10-11-12-13-14-15-16-17-18-19-20-28-30(2,3)29-21-23(26,27)22(24)25/h22H,4-21H2,1-3H3. The Balaban J connectivity index is 3.38. The summed E-state index contributed by atoms with van der Waals surface area (Å²) in [5, 5.41) is 0. The van der Waals surface area contributed by atoms with Gasteiger partial charge in [-0.25, -0.2) is 8.78 Å². The molecule has 0 rings (SSSR count). The molecule has 0 aromatic heterocycles. The Morgan fingerprint density at radius 2 is 1.00 bits per heavy atom. The first kappa shape index (κ1) is 29.9. The van der Waals surface area contributed by atoms with Gasteiger partial charge in [0.25, 0.3) is 0 Å². The normalized spacial score (nSPS) is 12.8. The minimum Gasteiger partial charge on any atom is -0.395 e. The summed E-state index contributed by atoms with van der Waals surface area (Å²) in [6.45, 7) is 4.65. The molecule has 182 valence electrons.